The summed E-state index contributed by atoms with van der Waals surface area (Å²) in [6.07, 6.45) is 1.18. The Balaban J connectivity index is 3.19. The quantitative estimate of drug-likeness (QED) is 0.408. The Morgan fingerprint density at radius 2 is 2.33 bits per heavy atom. The Morgan fingerprint density at radius 1 is 1.58 bits per heavy atom. The number of nitrogens with zero attached hydrogens (tertiary/aromatic N) is 2. The van der Waals surface area contributed by atoms with Crippen molar-refractivity contribution in [3.8, 4) is 6.07 Å². The topological polar surface area (TPSA) is 56.4 Å². The van der Waals surface area contributed by atoms with Crippen LogP contribution in [0.15, 0.2) is 23.4 Å². The normalized spacial score (nSPS) is 10.0. The van der Waals surface area contributed by atoms with E-state index in [9.17, 15) is 0 Å². The summed E-state index contributed by atoms with van der Waals surface area (Å²) in [7, 11) is 0. The van der Waals surface area contributed by atoms with E-state index in [0.29, 0.717) is 16.1 Å². The standard InChI is InChI=1S/C8H5ClN2O/c9-8-2-1-6(4-10)3-7(8)5-11-12/h1-3,5,12H/b11-5-. The highest BCUT2D eigenvalue weighted by Gasteiger charge is 1.98. The third-order valence-electron chi connectivity index (χ3n) is 1.32. The van der Waals surface area contributed by atoms with E-state index in [0.717, 1.165) is 0 Å². The maximum absolute atomic E-state index is 8.52. The second-order valence-corrected chi connectivity index (χ2v) is 2.50. The van der Waals surface area contributed by atoms with Gasteiger partial charge in [0, 0.05) is 10.6 Å². The van der Waals surface area contributed by atoms with Crippen molar-refractivity contribution in [1.29, 1.82) is 5.26 Å². The summed E-state index contributed by atoms with van der Waals surface area (Å²) < 4.78 is 0. The molecule has 0 amide bonds. The summed E-state index contributed by atoms with van der Waals surface area (Å²) in [5.41, 5.74) is 1.01. The molecule has 4 heteroatoms. The maximum Gasteiger partial charge on any atom is 0.0991 e. The molecule has 1 aromatic carbocycles. The number of hydrogen-bond donors (Lipinski definition) is 1. The number of halogens is 1. The number of rotatable bonds is 1. The van der Waals surface area contributed by atoms with Crippen LogP contribution in [0.3, 0.4) is 0 Å². The average molecular weight is 181 g/mol. The van der Waals surface area contributed by atoms with Gasteiger partial charge in [0.25, 0.3) is 0 Å². The SMILES string of the molecule is N#Cc1ccc(Cl)c(/C=N\O)c1. The molecule has 1 aromatic rings. The van der Waals surface area contributed by atoms with Crippen LogP contribution in [0.2, 0.25) is 5.02 Å². The Kier molecular flexibility index (Phi) is 2.67. The Bertz CT molecular complexity index is 355. The molecule has 0 saturated heterocycles. The van der Waals surface area contributed by atoms with Gasteiger partial charge < -0.3 is 5.21 Å². The van der Waals surface area contributed by atoms with E-state index in [-0.39, 0.29) is 0 Å². The molecule has 0 aliphatic rings. The smallest absolute Gasteiger partial charge is 0.0991 e. The summed E-state index contributed by atoms with van der Waals surface area (Å²) >= 11 is 5.72. The van der Waals surface area contributed by atoms with Crippen molar-refractivity contribution in [1.82, 2.24) is 0 Å². The van der Waals surface area contributed by atoms with Crippen molar-refractivity contribution >= 4 is 17.8 Å². The fraction of sp³-hybridized carbons (Fsp3) is 0. The first-order valence-electron chi connectivity index (χ1n) is 3.15. The van der Waals surface area contributed by atoms with Gasteiger partial charge in [0.05, 0.1) is 17.8 Å². The predicted molar refractivity (Wildman–Crippen MR) is 45.5 cm³/mol. The molecule has 0 aromatic heterocycles. The van der Waals surface area contributed by atoms with Crippen molar-refractivity contribution in [2.24, 2.45) is 5.16 Å². The van der Waals surface area contributed by atoms with Crippen LogP contribution in [-0.2, 0) is 0 Å². The predicted octanol–water partition coefficient (Wildman–Crippen LogP) is 2.02. The third kappa shape index (κ3) is 1.74. The molecule has 0 radical (unpaired) electrons. The van der Waals surface area contributed by atoms with E-state index in [1.165, 1.54) is 6.21 Å². The molecular weight excluding hydrogens is 176 g/mol. The zero-order chi connectivity index (χ0) is 8.97. The van der Waals surface area contributed by atoms with Gasteiger partial charge in [-0.1, -0.05) is 16.8 Å². The second kappa shape index (κ2) is 3.74. The molecule has 0 aliphatic carbocycles. The molecule has 12 heavy (non-hydrogen) atoms. The largest absolute Gasteiger partial charge is 0.411 e. The second-order valence-electron chi connectivity index (χ2n) is 2.09. The highest BCUT2D eigenvalue weighted by molar-refractivity contribution is 6.33. The van der Waals surface area contributed by atoms with Gasteiger partial charge in [0.2, 0.25) is 0 Å². The van der Waals surface area contributed by atoms with E-state index >= 15 is 0 Å². The number of nitriles is 1. The van der Waals surface area contributed by atoms with E-state index in [4.69, 9.17) is 22.1 Å². The summed E-state index contributed by atoms with van der Waals surface area (Å²) in [6.45, 7) is 0. The lowest BCUT2D eigenvalue weighted by Gasteiger charge is -1.95. The van der Waals surface area contributed by atoms with Crippen molar-refractivity contribution in [2.75, 3.05) is 0 Å². The average Bonchev–Trinajstić information content (AvgIpc) is 2.09. The molecule has 0 saturated carbocycles. The van der Waals surface area contributed by atoms with E-state index < -0.39 is 0 Å². The van der Waals surface area contributed by atoms with Crippen LogP contribution in [0, 0.1) is 11.3 Å². The number of hydrogen-bond acceptors (Lipinski definition) is 3. The molecular formula is C8H5ClN2O. The van der Waals surface area contributed by atoms with Crippen LogP contribution >= 0.6 is 11.6 Å². The minimum absolute atomic E-state index is 0.451. The third-order valence-corrected chi connectivity index (χ3v) is 1.67. The lowest BCUT2D eigenvalue weighted by Crippen LogP contribution is -1.84. The highest BCUT2D eigenvalue weighted by atomic mass is 35.5. The van der Waals surface area contributed by atoms with Crippen molar-refractivity contribution in [2.45, 2.75) is 0 Å². The molecule has 0 aliphatic heterocycles. The number of oxime groups is 1. The van der Waals surface area contributed by atoms with Gasteiger partial charge in [0.15, 0.2) is 0 Å². The molecule has 0 bridgehead atoms. The molecule has 0 heterocycles. The van der Waals surface area contributed by atoms with Crippen LogP contribution in [0.25, 0.3) is 0 Å². The van der Waals surface area contributed by atoms with Gasteiger partial charge in [-0.25, -0.2) is 0 Å². The van der Waals surface area contributed by atoms with Crippen molar-refractivity contribution < 1.29 is 5.21 Å². The Labute approximate surface area is 74.5 Å². The lowest BCUT2D eigenvalue weighted by atomic mass is 10.1. The van der Waals surface area contributed by atoms with Gasteiger partial charge in [-0.2, -0.15) is 5.26 Å². The van der Waals surface area contributed by atoms with Gasteiger partial charge in [-0.05, 0) is 18.2 Å². The van der Waals surface area contributed by atoms with Crippen LogP contribution in [0.4, 0.5) is 0 Å². The molecule has 1 rings (SSSR count). The summed E-state index contributed by atoms with van der Waals surface area (Å²) in [6, 6.07) is 6.67. The zero-order valence-electron chi connectivity index (χ0n) is 6.03. The van der Waals surface area contributed by atoms with E-state index in [1.807, 2.05) is 6.07 Å². The minimum atomic E-state index is 0.451. The molecule has 3 nitrogen and oxygen atoms in total. The number of benzene rings is 1. The van der Waals surface area contributed by atoms with Crippen LogP contribution in [0.1, 0.15) is 11.1 Å². The first-order valence-corrected chi connectivity index (χ1v) is 3.53. The maximum atomic E-state index is 8.52. The van der Waals surface area contributed by atoms with E-state index in [2.05, 4.69) is 5.16 Å². The first kappa shape index (κ1) is 8.57. The molecule has 0 atom stereocenters. The zero-order valence-corrected chi connectivity index (χ0v) is 6.78. The van der Waals surface area contributed by atoms with E-state index in [1.54, 1.807) is 18.2 Å². The van der Waals surface area contributed by atoms with Crippen LogP contribution in [-0.4, -0.2) is 11.4 Å². The highest BCUT2D eigenvalue weighted by Crippen LogP contribution is 2.15. The lowest BCUT2D eigenvalue weighted by molar-refractivity contribution is 0.322. The monoisotopic (exact) mass is 180 g/mol. The fourth-order valence-electron chi connectivity index (χ4n) is 0.774. The molecule has 0 unspecified atom stereocenters. The van der Waals surface area contributed by atoms with Gasteiger partial charge in [-0.3, -0.25) is 0 Å². The van der Waals surface area contributed by atoms with Gasteiger partial charge in [0.1, 0.15) is 0 Å². The van der Waals surface area contributed by atoms with Crippen LogP contribution < -0.4 is 0 Å². The summed E-state index contributed by atoms with van der Waals surface area (Å²) in [4.78, 5) is 0. The van der Waals surface area contributed by atoms with Gasteiger partial charge >= 0.3 is 0 Å². The first-order chi connectivity index (χ1) is 5.77. The minimum Gasteiger partial charge on any atom is -0.411 e. The van der Waals surface area contributed by atoms with Crippen molar-refractivity contribution in [3.05, 3.63) is 34.3 Å². The molecule has 60 valence electrons. The van der Waals surface area contributed by atoms with Crippen LogP contribution in [0.5, 0.6) is 0 Å². The fourth-order valence-corrected chi connectivity index (χ4v) is 0.941. The Hall–Kier alpha value is -1.53. The Morgan fingerprint density at radius 3 is 2.92 bits per heavy atom. The molecule has 0 spiro atoms. The van der Waals surface area contributed by atoms with Crippen molar-refractivity contribution in [3.63, 3.8) is 0 Å². The molecule has 1 N–H and O–H groups in total. The van der Waals surface area contributed by atoms with Gasteiger partial charge in [-0.15, -0.1) is 0 Å². The summed E-state index contributed by atoms with van der Waals surface area (Å²) in [5, 5.41) is 20.0. The molecule has 0 fully saturated rings. The summed E-state index contributed by atoms with van der Waals surface area (Å²) in [5.74, 6) is 0.